The number of amides is 1. The zero-order chi connectivity index (χ0) is 25.9. The fourth-order valence-electron chi connectivity index (χ4n) is 4.33. The zero-order valence-electron chi connectivity index (χ0n) is 21.0. The number of likely N-dealkylation sites (tertiary alicyclic amines) is 1. The van der Waals surface area contributed by atoms with Crippen molar-refractivity contribution in [3.8, 4) is 17.2 Å². The lowest BCUT2D eigenvalue weighted by Crippen LogP contribution is -2.39. The van der Waals surface area contributed by atoms with Gasteiger partial charge in [0.15, 0.2) is 6.10 Å². The molecule has 0 spiro atoms. The SMILES string of the molecule is Cc1ccc(Oc2ccc(Nc3ncnc4cccc(O[C@H](C)C(=O)N5CC[C@@H](O)C5)c34)cc2C)cn1. The monoisotopic (exact) mass is 499 g/mol. The van der Waals surface area contributed by atoms with Crippen molar-refractivity contribution in [3.63, 3.8) is 0 Å². The molecule has 1 saturated heterocycles. The highest BCUT2D eigenvalue weighted by Gasteiger charge is 2.29. The van der Waals surface area contributed by atoms with Gasteiger partial charge in [0, 0.05) is 24.5 Å². The van der Waals surface area contributed by atoms with Crippen molar-refractivity contribution in [1.29, 1.82) is 0 Å². The van der Waals surface area contributed by atoms with Gasteiger partial charge in [-0.1, -0.05) is 6.07 Å². The van der Waals surface area contributed by atoms with Gasteiger partial charge in [0.2, 0.25) is 0 Å². The molecule has 190 valence electrons. The number of ether oxygens (including phenoxy) is 2. The Kier molecular flexibility index (Phi) is 6.87. The minimum Gasteiger partial charge on any atom is -0.480 e. The minimum absolute atomic E-state index is 0.157. The third kappa shape index (κ3) is 5.46. The summed E-state index contributed by atoms with van der Waals surface area (Å²) in [6, 6.07) is 15.1. The molecule has 0 bridgehead atoms. The highest BCUT2D eigenvalue weighted by atomic mass is 16.5. The van der Waals surface area contributed by atoms with E-state index in [1.54, 1.807) is 24.1 Å². The molecule has 4 aromatic rings. The lowest BCUT2D eigenvalue weighted by molar-refractivity contribution is -0.137. The lowest BCUT2D eigenvalue weighted by atomic mass is 10.1. The second-order valence-corrected chi connectivity index (χ2v) is 9.20. The molecule has 1 aliphatic rings. The summed E-state index contributed by atoms with van der Waals surface area (Å²) in [5.74, 6) is 2.31. The highest BCUT2D eigenvalue weighted by Crippen LogP contribution is 2.34. The molecule has 0 aliphatic carbocycles. The number of fused-ring (bicyclic) bond motifs is 1. The van der Waals surface area contributed by atoms with E-state index in [1.807, 2.05) is 56.3 Å². The molecule has 0 saturated carbocycles. The van der Waals surface area contributed by atoms with Gasteiger partial charge in [0.25, 0.3) is 5.91 Å². The molecule has 2 aromatic heterocycles. The van der Waals surface area contributed by atoms with Crippen LogP contribution in [-0.2, 0) is 4.79 Å². The Morgan fingerprint density at radius 3 is 2.70 bits per heavy atom. The number of rotatable bonds is 7. The quantitative estimate of drug-likeness (QED) is 0.382. The van der Waals surface area contributed by atoms with E-state index < -0.39 is 12.2 Å². The Labute approximate surface area is 215 Å². The van der Waals surface area contributed by atoms with Crippen molar-refractivity contribution in [3.05, 3.63) is 72.3 Å². The van der Waals surface area contributed by atoms with Crippen LogP contribution in [0.15, 0.2) is 61.1 Å². The maximum atomic E-state index is 12.9. The second-order valence-electron chi connectivity index (χ2n) is 9.20. The van der Waals surface area contributed by atoms with Crippen molar-refractivity contribution < 1.29 is 19.4 Å². The molecule has 0 radical (unpaired) electrons. The molecule has 2 aromatic carbocycles. The molecule has 1 aliphatic heterocycles. The van der Waals surface area contributed by atoms with Crippen molar-refractivity contribution >= 4 is 28.3 Å². The summed E-state index contributed by atoms with van der Waals surface area (Å²) in [6.45, 7) is 6.47. The number of carbonyl (C=O) groups excluding carboxylic acids is 1. The van der Waals surface area contributed by atoms with E-state index in [0.29, 0.717) is 47.7 Å². The second kappa shape index (κ2) is 10.4. The number of β-amino-alcohol motifs (C(OH)–C–C–N with tert-alkyl or cyclic N) is 1. The predicted octanol–water partition coefficient (Wildman–Crippen LogP) is 4.54. The highest BCUT2D eigenvalue weighted by molar-refractivity contribution is 5.96. The van der Waals surface area contributed by atoms with E-state index in [-0.39, 0.29) is 5.91 Å². The van der Waals surface area contributed by atoms with Crippen LogP contribution in [0.25, 0.3) is 10.9 Å². The number of aliphatic hydroxyl groups is 1. The number of aryl methyl sites for hydroxylation is 2. The van der Waals surface area contributed by atoms with Crippen LogP contribution < -0.4 is 14.8 Å². The van der Waals surface area contributed by atoms with Gasteiger partial charge in [-0.2, -0.15) is 0 Å². The molecule has 9 heteroatoms. The first-order valence-electron chi connectivity index (χ1n) is 12.2. The van der Waals surface area contributed by atoms with E-state index in [4.69, 9.17) is 9.47 Å². The number of pyridine rings is 1. The summed E-state index contributed by atoms with van der Waals surface area (Å²) >= 11 is 0. The van der Waals surface area contributed by atoms with Crippen molar-refractivity contribution in [2.45, 2.75) is 39.4 Å². The molecule has 2 N–H and O–H groups in total. The van der Waals surface area contributed by atoms with E-state index in [2.05, 4.69) is 20.3 Å². The van der Waals surface area contributed by atoms with Crippen molar-refractivity contribution in [2.24, 2.45) is 0 Å². The Morgan fingerprint density at radius 1 is 1.11 bits per heavy atom. The summed E-state index contributed by atoms with van der Waals surface area (Å²) < 4.78 is 12.1. The average molecular weight is 500 g/mol. The number of aromatic nitrogens is 3. The summed E-state index contributed by atoms with van der Waals surface area (Å²) in [6.07, 6.45) is 2.57. The Balaban J connectivity index is 1.37. The number of aliphatic hydroxyl groups excluding tert-OH is 1. The fraction of sp³-hybridized carbons (Fsp3) is 0.286. The molecule has 1 amide bonds. The summed E-state index contributed by atoms with van der Waals surface area (Å²) in [7, 11) is 0. The smallest absolute Gasteiger partial charge is 0.263 e. The molecule has 0 unspecified atom stereocenters. The lowest BCUT2D eigenvalue weighted by Gasteiger charge is -2.22. The first-order chi connectivity index (χ1) is 17.9. The van der Waals surface area contributed by atoms with Crippen LogP contribution in [0.3, 0.4) is 0 Å². The molecule has 2 atom stereocenters. The van der Waals surface area contributed by atoms with Crippen LogP contribution in [0.1, 0.15) is 24.6 Å². The van der Waals surface area contributed by atoms with Crippen LogP contribution in [0, 0.1) is 13.8 Å². The van der Waals surface area contributed by atoms with E-state index in [0.717, 1.165) is 22.7 Å². The van der Waals surface area contributed by atoms with Gasteiger partial charge in [0.05, 0.1) is 23.2 Å². The van der Waals surface area contributed by atoms with Crippen molar-refractivity contribution in [2.75, 3.05) is 18.4 Å². The van der Waals surface area contributed by atoms with Crippen molar-refractivity contribution in [1.82, 2.24) is 19.9 Å². The van der Waals surface area contributed by atoms with Gasteiger partial charge in [0.1, 0.15) is 29.4 Å². The van der Waals surface area contributed by atoms with Crippen LogP contribution in [-0.4, -0.2) is 56.2 Å². The Bertz CT molecular complexity index is 1420. The molecular formula is C28H29N5O4. The number of carbonyl (C=O) groups is 1. The van der Waals surface area contributed by atoms with Gasteiger partial charge in [-0.3, -0.25) is 9.78 Å². The third-order valence-corrected chi connectivity index (χ3v) is 6.30. The first-order valence-corrected chi connectivity index (χ1v) is 12.2. The van der Waals surface area contributed by atoms with Gasteiger partial charge < -0.3 is 24.8 Å². The van der Waals surface area contributed by atoms with Crippen LogP contribution in [0.5, 0.6) is 17.2 Å². The normalized spacial score (nSPS) is 16.0. The maximum Gasteiger partial charge on any atom is 0.263 e. The van der Waals surface area contributed by atoms with Gasteiger partial charge >= 0.3 is 0 Å². The van der Waals surface area contributed by atoms with Gasteiger partial charge in [-0.15, -0.1) is 0 Å². The minimum atomic E-state index is -0.723. The topological polar surface area (TPSA) is 110 Å². The van der Waals surface area contributed by atoms with Gasteiger partial charge in [-0.05, 0) is 75.2 Å². The number of benzene rings is 2. The maximum absolute atomic E-state index is 12.9. The number of nitrogens with one attached hydrogen (secondary N) is 1. The molecule has 1 fully saturated rings. The third-order valence-electron chi connectivity index (χ3n) is 6.30. The summed E-state index contributed by atoms with van der Waals surface area (Å²) in [5.41, 5.74) is 3.37. The predicted molar refractivity (Wildman–Crippen MR) is 140 cm³/mol. The summed E-state index contributed by atoms with van der Waals surface area (Å²) in [4.78, 5) is 27.6. The largest absolute Gasteiger partial charge is 0.480 e. The zero-order valence-corrected chi connectivity index (χ0v) is 21.0. The number of hydrogen-bond acceptors (Lipinski definition) is 8. The Hall–Kier alpha value is -4.24. The molecule has 37 heavy (non-hydrogen) atoms. The van der Waals surface area contributed by atoms with Crippen LogP contribution in [0.2, 0.25) is 0 Å². The molecular weight excluding hydrogens is 470 g/mol. The Morgan fingerprint density at radius 2 is 1.97 bits per heavy atom. The average Bonchev–Trinajstić information content (AvgIpc) is 3.33. The molecule has 3 heterocycles. The number of anilines is 2. The molecule has 9 nitrogen and oxygen atoms in total. The fourth-order valence-corrected chi connectivity index (χ4v) is 4.33. The summed E-state index contributed by atoms with van der Waals surface area (Å²) in [5, 5.41) is 13.8. The first kappa shape index (κ1) is 24.5. The van der Waals surface area contributed by atoms with E-state index in [9.17, 15) is 9.90 Å². The van der Waals surface area contributed by atoms with E-state index >= 15 is 0 Å². The van der Waals surface area contributed by atoms with Gasteiger partial charge in [-0.25, -0.2) is 9.97 Å². The van der Waals surface area contributed by atoms with E-state index in [1.165, 1.54) is 6.33 Å². The van der Waals surface area contributed by atoms with Crippen LogP contribution >= 0.6 is 0 Å². The molecule has 5 rings (SSSR count). The number of nitrogens with zero attached hydrogens (tertiary/aromatic N) is 4. The van der Waals surface area contributed by atoms with Crippen LogP contribution in [0.4, 0.5) is 11.5 Å². The standard InChI is InChI=1S/C28H29N5O4/c1-17-13-20(8-10-24(17)37-22-9-7-18(2)29-14-22)32-27-26-23(30-16-31-27)5-4-6-25(26)36-19(3)28(35)33-12-11-21(34)15-33/h4-10,13-14,16,19,21,34H,11-12,15H2,1-3H3,(H,30,31,32)/t19-,21-/m1/s1. The number of hydrogen-bond donors (Lipinski definition) is 2.